The molecule has 1 saturated heterocycles. The average molecular weight is 413 g/mol. The smallest absolute Gasteiger partial charge is 0.273 e. The Hall–Kier alpha value is -3.95. The minimum absolute atomic E-state index is 0.0283. The van der Waals surface area contributed by atoms with E-state index < -0.39 is 40.8 Å². The lowest BCUT2D eigenvalue weighted by Gasteiger charge is -2.35. The summed E-state index contributed by atoms with van der Waals surface area (Å²) in [6.45, 7) is -0.640. The summed E-state index contributed by atoms with van der Waals surface area (Å²) in [5.41, 5.74) is -0.195. The monoisotopic (exact) mass is 413 g/mol. The third kappa shape index (κ3) is 4.37. The lowest BCUT2D eigenvalue weighted by atomic mass is 10.1. The van der Waals surface area contributed by atoms with Crippen LogP contribution in [0.3, 0.4) is 0 Å². The summed E-state index contributed by atoms with van der Waals surface area (Å²) in [6, 6.07) is 9.17. The van der Waals surface area contributed by atoms with Gasteiger partial charge in [0.2, 0.25) is 11.8 Å². The summed E-state index contributed by atoms with van der Waals surface area (Å²) in [5, 5.41) is 12.2. The highest BCUT2D eigenvalue weighted by atomic mass is 19.1. The first kappa shape index (κ1) is 20.8. The Morgan fingerprint density at radius 3 is 2.03 bits per heavy atom. The zero-order valence-corrected chi connectivity index (χ0v) is 15.6. The molecule has 0 N–H and O–H groups in total. The molecule has 2 aromatic carbocycles. The topological polar surface area (TPSA) is 118 Å². The molecule has 10 heteroatoms. The Bertz CT molecular complexity index is 1000. The average Bonchev–Trinajstić information content (AvgIpc) is 2.72. The standard InChI is InChI=1S/C20H16FN3O6/c21-15-8-4-13(5-9-15)17(25)12-22(23-18(26)2-1-3-19(23)27)20(28)14-6-10-16(11-7-14)24(29)30/h4-11H,1-3,12H2. The van der Waals surface area contributed by atoms with E-state index in [1.54, 1.807) is 0 Å². The number of amides is 3. The number of non-ortho nitro benzene ring substituents is 1. The van der Waals surface area contributed by atoms with Crippen LogP contribution in [0.25, 0.3) is 0 Å². The van der Waals surface area contributed by atoms with Gasteiger partial charge in [-0.2, -0.15) is 5.01 Å². The molecule has 1 aliphatic heterocycles. The van der Waals surface area contributed by atoms with Crippen LogP contribution in [0.4, 0.5) is 10.1 Å². The minimum atomic E-state index is -0.844. The van der Waals surface area contributed by atoms with E-state index in [-0.39, 0.29) is 29.7 Å². The molecule has 0 aromatic heterocycles. The van der Waals surface area contributed by atoms with Crippen molar-refractivity contribution in [3.8, 4) is 0 Å². The lowest BCUT2D eigenvalue weighted by Crippen LogP contribution is -2.56. The maximum absolute atomic E-state index is 13.1. The molecule has 3 rings (SSSR count). The molecule has 0 bridgehead atoms. The first-order valence-electron chi connectivity index (χ1n) is 8.98. The maximum Gasteiger partial charge on any atom is 0.273 e. The second kappa shape index (κ2) is 8.60. The predicted octanol–water partition coefficient (Wildman–Crippen LogP) is 2.51. The molecule has 0 radical (unpaired) electrons. The molecule has 0 saturated carbocycles. The molecular formula is C20H16FN3O6. The van der Waals surface area contributed by atoms with Crippen LogP contribution in [0.15, 0.2) is 48.5 Å². The number of ketones is 1. The highest BCUT2D eigenvalue weighted by Crippen LogP contribution is 2.20. The second-order valence-electron chi connectivity index (χ2n) is 6.55. The highest BCUT2D eigenvalue weighted by molar-refractivity contribution is 6.06. The minimum Gasteiger partial charge on any atom is -0.292 e. The van der Waals surface area contributed by atoms with Crippen LogP contribution in [0.5, 0.6) is 0 Å². The summed E-state index contributed by atoms with van der Waals surface area (Å²) < 4.78 is 13.1. The summed E-state index contributed by atoms with van der Waals surface area (Å²) in [5.74, 6) is -3.27. The van der Waals surface area contributed by atoms with Crippen molar-refractivity contribution in [2.24, 2.45) is 0 Å². The maximum atomic E-state index is 13.1. The molecular weight excluding hydrogens is 397 g/mol. The van der Waals surface area contributed by atoms with Gasteiger partial charge in [-0.25, -0.2) is 9.40 Å². The van der Waals surface area contributed by atoms with Crippen LogP contribution in [-0.4, -0.2) is 45.0 Å². The second-order valence-corrected chi connectivity index (χ2v) is 6.55. The fraction of sp³-hybridized carbons (Fsp3) is 0.200. The van der Waals surface area contributed by atoms with Gasteiger partial charge in [-0.15, -0.1) is 0 Å². The zero-order chi connectivity index (χ0) is 21.8. The van der Waals surface area contributed by atoms with Crippen LogP contribution in [-0.2, 0) is 9.59 Å². The molecule has 9 nitrogen and oxygen atoms in total. The Balaban J connectivity index is 1.94. The van der Waals surface area contributed by atoms with E-state index >= 15 is 0 Å². The first-order valence-corrected chi connectivity index (χ1v) is 8.98. The lowest BCUT2D eigenvalue weighted by molar-refractivity contribution is -0.384. The summed E-state index contributed by atoms with van der Waals surface area (Å²) in [7, 11) is 0. The Labute approximate surface area is 169 Å². The van der Waals surface area contributed by atoms with E-state index in [1.165, 1.54) is 24.3 Å². The number of imide groups is 1. The molecule has 0 aliphatic carbocycles. The van der Waals surface area contributed by atoms with Crippen molar-refractivity contribution in [3.63, 3.8) is 0 Å². The molecule has 0 atom stereocenters. The van der Waals surface area contributed by atoms with Gasteiger partial charge >= 0.3 is 0 Å². The van der Waals surface area contributed by atoms with Gasteiger partial charge < -0.3 is 0 Å². The number of piperidine rings is 1. The molecule has 0 unspecified atom stereocenters. The van der Waals surface area contributed by atoms with Crippen LogP contribution in [0.1, 0.15) is 40.0 Å². The number of nitro benzene ring substituents is 1. The number of rotatable bonds is 6. The Kier molecular flexibility index (Phi) is 5.95. The number of Topliss-reactive ketones (excluding diaryl/α,β-unsaturated/α-hetero) is 1. The molecule has 30 heavy (non-hydrogen) atoms. The van der Waals surface area contributed by atoms with Crippen LogP contribution in [0, 0.1) is 15.9 Å². The number of nitro groups is 1. The van der Waals surface area contributed by atoms with Crippen molar-refractivity contribution in [1.82, 2.24) is 10.0 Å². The van der Waals surface area contributed by atoms with Crippen LogP contribution in [0.2, 0.25) is 0 Å². The summed E-state index contributed by atoms with van der Waals surface area (Å²) in [6.07, 6.45) is 0.390. The fourth-order valence-electron chi connectivity index (χ4n) is 2.98. The van der Waals surface area contributed by atoms with Gasteiger partial charge in [0.25, 0.3) is 11.6 Å². The van der Waals surface area contributed by atoms with Gasteiger partial charge in [-0.1, -0.05) is 0 Å². The van der Waals surface area contributed by atoms with Gasteiger partial charge in [-0.3, -0.25) is 29.3 Å². The van der Waals surface area contributed by atoms with Gasteiger partial charge in [-0.05, 0) is 42.8 Å². The molecule has 154 valence electrons. The molecule has 1 fully saturated rings. The number of carbonyl (C=O) groups excluding carboxylic acids is 4. The van der Waals surface area contributed by atoms with E-state index in [9.17, 15) is 33.7 Å². The SMILES string of the molecule is O=C(CN(C(=O)c1ccc([N+](=O)[O-])cc1)N1C(=O)CCCC1=O)c1ccc(F)cc1. The number of nitrogens with zero attached hydrogens (tertiary/aromatic N) is 3. The molecule has 1 heterocycles. The van der Waals surface area contributed by atoms with Crippen LogP contribution < -0.4 is 0 Å². The van der Waals surface area contributed by atoms with E-state index in [0.29, 0.717) is 11.4 Å². The number of hydrazine groups is 1. The highest BCUT2D eigenvalue weighted by Gasteiger charge is 2.36. The van der Waals surface area contributed by atoms with Crippen molar-refractivity contribution in [3.05, 3.63) is 75.6 Å². The quantitative estimate of drug-likeness (QED) is 0.311. The van der Waals surface area contributed by atoms with Gasteiger partial charge in [0.05, 0.1) is 4.92 Å². The number of hydrogen-bond donors (Lipinski definition) is 0. The van der Waals surface area contributed by atoms with Crippen molar-refractivity contribution in [1.29, 1.82) is 0 Å². The number of hydrogen-bond acceptors (Lipinski definition) is 6. The van der Waals surface area contributed by atoms with Crippen molar-refractivity contribution < 1.29 is 28.5 Å². The molecule has 1 aliphatic rings. The fourth-order valence-corrected chi connectivity index (χ4v) is 2.98. The third-order valence-electron chi connectivity index (χ3n) is 4.51. The molecule has 3 amide bonds. The van der Waals surface area contributed by atoms with Gasteiger partial charge in [0.1, 0.15) is 12.4 Å². The zero-order valence-electron chi connectivity index (χ0n) is 15.6. The van der Waals surface area contributed by atoms with Gasteiger partial charge in [0.15, 0.2) is 5.78 Å². The molecule has 2 aromatic rings. The number of carbonyl (C=O) groups is 4. The largest absolute Gasteiger partial charge is 0.292 e. The summed E-state index contributed by atoms with van der Waals surface area (Å²) >= 11 is 0. The van der Waals surface area contributed by atoms with Gasteiger partial charge in [0, 0.05) is 36.1 Å². The third-order valence-corrected chi connectivity index (χ3v) is 4.51. The number of benzene rings is 2. The predicted molar refractivity (Wildman–Crippen MR) is 101 cm³/mol. The van der Waals surface area contributed by atoms with E-state index in [2.05, 4.69) is 0 Å². The Morgan fingerprint density at radius 1 is 0.967 bits per heavy atom. The summed E-state index contributed by atoms with van der Waals surface area (Å²) in [4.78, 5) is 60.6. The van der Waals surface area contributed by atoms with E-state index in [4.69, 9.17) is 0 Å². The van der Waals surface area contributed by atoms with Crippen LogP contribution >= 0.6 is 0 Å². The molecule has 0 spiro atoms. The first-order chi connectivity index (χ1) is 14.3. The Morgan fingerprint density at radius 2 is 1.50 bits per heavy atom. The van der Waals surface area contributed by atoms with E-state index in [0.717, 1.165) is 29.3 Å². The van der Waals surface area contributed by atoms with Crippen molar-refractivity contribution in [2.75, 3.05) is 6.54 Å². The number of halogens is 1. The van der Waals surface area contributed by atoms with Crippen molar-refractivity contribution >= 4 is 29.2 Å². The van der Waals surface area contributed by atoms with E-state index in [1.807, 2.05) is 0 Å². The normalized spacial score (nSPS) is 13.8. The van der Waals surface area contributed by atoms with Crippen molar-refractivity contribution in [2.45, 2.75) is 19.3 Å².